The Hall–Kier alpha value is -3.00. The van der Waals surface area contributed by atoms with Crippen molar-refractivity contribution in [1.29, 1.82) is 0 Å². The van der Waals surface area contributed by atoms with Crippen molar-refractivity contribution in [2.75, 3.05) is 26.0 Å². The summed E-state index contributed by atoms with van der Waals surface area (Å²) in [5, 5.41) is 7.54. The average molecular weight is 430 g/mol. The average Bonchev–Trinajstić information content (AvgIpc) is 3.05. The molecular weight excluding hydrogens is 402 g/mol. The molecule has 0 fully saturated rings. The van der Waals surface area contributed by atoms with Gasteiger partial charge < -0.3 is 19.8 Å². The topological polar surface area (TPSA) is 92.9 Å². The molecule has 1 aromatic heterocycles. The van der Waals surface area contributed by atoms with Crippen molar-refractivity contribution in [2.45, 2.75) is 25.3 Å². The van der Waals surface area contributed by atoms with Gasteiger partial charge in [-0.3, -0.25) is 0 Å². The summed E-state index contributed by atoms with van der Waals surface area (Å²) in [6.45, 7) is 6.16. The number of guanidine groups is 1. The van der Waals surface area contributed by atoms with Crippen molar-refractivity contribution in [3.63, 3.8) is 0 Å². The van der Waals surface area contributed by atoms with Crippen molar-refractivity contribution in [1.82, 2.24) is 10.6 Å². The molecule has 8 heteroatoms. The van der Waals surface area contributed by atoms with Gasteiger partial charge in [-0.05, 0) is 44.2 Å². The van der Waals surface area contributed by atoms with E-state index in [-0.39, 0.29) is 4.90 Å². The second kappa shape index (κ2) is 9.67. The first-order valence-corrected chi connectivity index (χ1v) is 11.7. The minimum absolute atomic E-state index is 0.274. The largest absolute Gasteiger partial charge is 0.492 e. The molecule has 0 amide bonds. The van der Waals surface area contributed by atoms with Crippen LogP contribution in [-0.4, -0.2) is 40.3 Å². The van der Waals surface area contributed by atoms with E-state index in [9.17, 15) is 8.42 Å². The fourth-order valence-corrected chi connectivity index (χ4v) is 3.62. The Balaban J connectivity index is 1.54. The van der Waals surface area contributed by atoms with Crippen molar-refractivity contribution in [2.24, 2.45) is 4.99 Å². The first kappa shape index (κ1) is 21.7. The van der Waals surface area contributed by atoms with Crippen molar-refractivity contribution in [3.05, 3.63) is 59.9 Å². The highest BCUT2D eigenvalue weighted by molar-refractivity contribution is 7.90. The number of benzene rings is 2. The van der Waals surface area contributed by atoms with Gasteiger partial charge in [0.1, 0.15) is 30.2 Å². The minimum Gasteiger partial charge on any atom is -0.492 e. The summed E-state index contributed by atoms with van der Waals surface area (Å²) in [5.74, 6) is 2.13. The number of hydrogen-bond donors (Lipinski definition) is 2. The quantitative estimate of drug-likeness (QED) is 0.324. The Morgan fingerprint density at radius 3 is 2.50 bits per heavy atom. The monoisotopic (exact) mass is 429 g/mol. The fraction of sp³-hybridized carbons (Fsp3) is 0.318. The summed E-state index contributed by atoms with van der Waals surface area (Å²) in [6, 6.07) is 14.3. The van der Waals surface area contributed by atoms with Gasteiger partial charge in [0.15, 0.2) is 15.8 Å². The lowest BCUT2D eigenvalue weighted by Crippen LogP contribution is -2.39. The second-order valence-electron chi connectivity index (χ2n) is 6.86. The molecule has 0 aliphatic carbocycles. The maximum atomic E-state index is 11.5. The van der Waals surface area contributed by atoms with Gasteiger partial charge in [-0.1, -0.05) is 18.2 Å². The molecule has 0 aliphatic heterocycles. The zero-order chi connectivity index (χ0) is 21.6. The Bertz CT molecular complexity index is 1120. The molecule has 0 atom stereocenters. The Labute approximate surface area is 177 Å². The van der Waals surface area contributed by atoms with Gasteiger partial charge in [0.05, 0.1) is 11.4 Å². The molecule has 2 aromatic carbocycles. The van der Waals surface area contributed by atoms with E-state index < -0.39 is 9.84 Å². The van der Waals surface area contributed by atoms with E-state index in [0.29, 0.717) is 31.4 Å². The van der Waals surface area contributed by atoms with Crippen LogP contribution in [0.3, 0.4) is 0 Å². The molecule has 0 radical (unpaired) electrons. The number of sulfone groups is 1. The number of nitrogens with zero attached hydrogens (tertiary/aromatic N) is 1. The summed E-state index contributed by atoms with van der Waals surface area (Å²) in [6.07, 6.45) is 1.18. The van der Waals surface area contributed by atoms with Crippen molar-refractivity contribution < 1.29 is 17.6 Å². The van der Waals surface area contributed by atoms with Crippen LogP contribution in [0.5, 0.6) is 5.75 Å². The van der Waals surface area contributed by atoms with Crippen LogP contribution >= 0.6 is 0 Å². The molecule has 3 aromatic rings. The van der Waals surface area contributed by atoms with Crippen LogP contribution in [-0.2, 0) is 16.4 Å². The van der Waals surface area contributed by atoms with Crippen LogP contribution in [0.25, 0.3) is 11.0 Å². The summed E-state index contributed by atoms with van der Waals surface area (Å²) >= 11 is 0. The highest BCUT2D eigenvalue weighted by atomic mass is 32.2. The maximum Gasteiger partial charge on any atom is 0.191 e. The van der Waals surface area contributed by atoms with Crippen LogP contribution in [0, 0.1) is 6.92 Å². The molecule has 1 heterocycles. The predicted molar refractivity (Wildman–Crippen MR) is 119 cm³/mol. The molecule has 160 valence electrons. The smallest absolute Gasteiger partial charge is 0.191 e. The van der Waals surface area contributed by atoms with E-state index in [2.05, 4.69) is 15.6 Å². The van der Waals surface area contributed by atoms with Crippen LogP contribution in [0.2, 0.25) is 0 Å². The number of aliphatic imine (C=N–C) groups is 1. The van der Waals surface area contributed by atoms with Gasteiger partial charge in [-0.25, -0.2) is 13.4 Å². The van der Waals surface area contributed by atoms with Crippen LogP contribution < -0.4 is 15.4 Å². The predicted octanol–water partition coefficient (Wildman–Crippen LogP) is 3.28. The van der Waals surface area contributed by atoms with Crippen LogP contribution in [0.4, 0.5) is 0 Å². The summed E-state index contributed by atoms with van der Waals surface area (Å²) in [5.41, 5.74) is 1.97. The highest BCUT2D eigenvalue weighted by Gasteiger charge is 2.10. The molecule has 3 rings (SSSR count). The molecule has 0 aliphatic rings. The van der Waals surface area contributed by atoms with Gasteiger partial charge in [0.25, 0.3) is 0 Å². The molecule has 0 bridgehead atoms. The Morgan fingerprint density at radius 2 is 1.83 bits per heavy atom. The lowest BCUT2D eigenvalue weighted by Gasteiger charge is -2.12. The zero-order valence-corrected chi connectivity index (χ0v) is 18.3. The van der Waals surface area contributed by atoms with Crippen molar-refractivity contribution in [3.8, 4) is 5.75 Å². The van der Waals surface area contributed by atoms with Gasteiger partial charge >= 0.3 is 0 Å². The molecule has 7 nitrogen and oxygen atoms in total. The van der Waals surface area contributed by atoms with E-state index in [4.69, 9.17) is 9.15 Å². The summed E-state index contributed by atoms with van der Waals surface area (Å²) in [7, 11) is -3.20. The molecule has 30 heavy (non-hydrogen) atoms. The lowest BCUT2D eigenvalue weighted by atomic mass is 10.1. The second-order valence-corrected chi connectivity index (χ2v) is 8.88. The van der Waals surface area contributed by atoms with E-state index >= 15 is 0 Å². The van der Waals surface area contributed by atoms with E-state index in [1.807, 2.05) is 38.1 Å². The number of rotatable bonds is 8. The summed E-state index contributed by atoms with van der Waals surface area (Å²) < 4.78 is 34.6. The number of aryl methyl sites for hydroxylation is 1. The number of para-hydroxylation sites is 1. The first-order chi connectivity index (χ1) is 14.4. The molecular formula is C22H27N3O4S. The van der Waals surface area contributed by atoms with Gasteiger partial charge in [-0.15, -0.1) is 0 Å². The van der Waals surface area contributed by atoms with E-state index in [1.165, 1.54) is 6.26 Å². The van der Waals surface area contributed by atoms with Gasteiger partial charge in [0, 0.05) is 23.8 Å². The maximum absolute atomic E-state index is 11.5. The first-order valence-electron chi connectivity index (χ1n) is 9.80. The molecule has 2 N–H and O–H groups in total. The van der Waals surface area contributed by atoms with E-state index in [0.717, 1.165) is 28.8 Å². The van der Waals surface area contributed by atoms with Gasteiger partial charge in [-0.2, -0.15) is 0 Å². The normalized spacial score (nSPS) is 12.2. The molecule has 0 spiro atoms. The molecule has 0 saturated heterocycles. The fourth-order valence-electron chi connectivity index (χ4n) is 2.99. The third kappa shape index (κ3) is 5.54. The number of ether oxygens (including phenoxy) is 1. The third-order valence-electron chi connectivity index (χ3n) is 4.58. The number of fused-ring (bicyclic) bond motifs is 1. The third-order valence-corrected chi connectivity index (χ3v) is 5.71. The molecule has 0 saturated carbocycles. The SMILES string of the molecule is CCNC(=NCc1oc2ccccc2c1C)NCCOc1ccc(S(C)(=O)=O)cc1. The lowest BCUT2D eigenvalue weighted by molar-refractivity contribution is 0.321. The standard InChI is InChI=1S/C22H27N3O4S/c1-4-23-22(25-15-21-16(2)19-7-5-6-8-20(19)29-21)24-13-14-28-17-9-11-18(12-10-17)30(3,26)27/h5-12H,4,13-15H2,1-3H3,(H2,23,24,25). The van der Waals surface area contributed by atoms with Crippen LogP contribution in [0.1, 0.15) is 18.2 Å². The van der Waals surface area contributed by atoms with Crippen molar-refractivity contribution >= 4 is 26.8 Å². The summed E-state index contributed by atoms with van der Waals surface area (Å²) in [4.78, 5) is 4.87. The zero-order valence-electron chi connectivity index (χ0n) is 17.4. The van der Waals surface area contributed by atoms with E-state index in [1.54, 1.807) is 24.3 Å². The number of nitrogens with one attached hydrogen (secondary N) is 2. The number of hydrogen-bond acceptors (Lipinski definition) is 5. The minimum atomic E-state index is -3.20. The van der Waals surface area contributed by atoms with Gasteiger partial charge in [0.2, 0.25) is 0 Å². The number of furan rings is 1. The Morgan fingerprint density at radius 1 is 1.10 bits per heavy atom. The van der Waals surface area contributed by atoms with Crippen LogP contribution in [0.15, 0.2) is 62.8 Å². The molecule has 0 unspecified atom stereocenters. The Kier molecular flexibility index (Phi) is 6.99. The highest BCUT2D eigenvalue weighted by Crippen LogP contribution is 2.25.